The van der Waals surface area contributed by atoms with Crippen molar-refractivity contribution in [1.29, 1.82) is 0 Å². The van der Waals surface area contributed by atoms with Crippen molar-refractivity contribution in [1.82, 2.24) is 5.32 Å². The lowest BCUT2D eigenvalue weighted by atomic mass is 9.93. The number of halogens is 1. The van der Waals surface area contributed by atoms with Gasteiger partial charge in [-0.3, -0.25) is 25.0 Å². The second kappa shape index (κ2) is 5.41. The quantitative estimate of drug-likeness (QED) is 0.677. The zero-order chi connectivity index (χ0) is 14.9. The predicted octanol–water partition coefficient (Wildman–Crippen LogP) is 2.44. The van der Waals surface area contributed by atoms with Gasteiger partial charge in [0.2, 0.25) is 0 Å². The normalized spacial score (nSPS) is 14.4. The first-order valence-electron chi connectivity index (χ1n) is 5.83. The van der Waals surface area contributed by atoms with Crippen molar-refractivity contribution in [3.8, 4) is 0 Å². The molecule has 1 aromatic rings. The first-order chi connectivity index (χ1) is 9.40. The Bertz CT molecular complexity index is 600. The number of carbonyl (C=O) groups is 1. The summed E-state index contributed by atoms with van der Waals surface area (Å²) < 4.78 is 0. The fourth-order valence-electron chi connectivity index (χ4n) is 1.83. The van der Waals surface area contributed by atoms with Crippen molar-refractivity contribution in [2.24, 2.45) is 0 Å². The van der Waals surface area contributed by atoms with Crippen molar-refractivity contribution in [3.63, 3.8) is 0 Å². The zero-order valence-corrected chi connectivity index (χ0v) is 10.9. The number of rotatable bonds is 4. The second-order valence-corrected chi connectivity index (χ2v) is 4.84. The molecule has 1 N–H and O–H groups in total. The maximum absolute atomic E-state index is 11.9. The lowest BCUT2D eigenvalue weighted by Gasteiger charge is -2.26. The number of nitrogens with one attached hydrogen (secondary N) is 1. The molecule has 0 aliphatic heterocycles. The minimum absolute atomic E-state index is 0.0350. The highest BCUT2D eigenvalue weighted by Gasteiger charge is 2.29. The first-order valence-corrected chi connectivity index (χ1v) is 6.21. The van der Waals surface area contributed by atoms with Gasteiger partial charge in [0.15, 0.2) is 0 Å². The molecule has 1 fully saturated rings. The van der Waals surface area contributed by atoms with Gasteiger partial charge in [-0.15, -0.1) is 0 Å². The molecule has 1 aliphatic carbocycles. The number of hydrogen-bond acceptors (Lipinski definition) is 5. The molecule has 1 saturated carbocycles. The molecule has 0 aromatic heterocycles. The standard InChI is InChI=1S/C11H10ClN3O5/c12-8-5-10(15(19)20)9(14(17)18)4-7(8)11(16)13-6-2-1-3-6/h4-6H,1-3H2,(H,13,16). The molecule has 0 saturated heterocycles. The number of carbonyl (C=O) groups excluding carboxylic acids is 1. The first kappa shape index (κ1) is 14.2. The molecular weight excluding hydrogens is 290 g/mol. The number of nitro benzene ring substituents is 2. The minimum Gasteiger partial charge on any atom is -0.349 e. The molecule has 1 amide bonds. The number of benzene rings is 1. The lowest BCUT2D eigenvalue weighted by molar-refractivity contribution is -0.422. The summed E-state index contributed by atoms with van der Waals surface area (Å²) in [7, 11) is 0. The maximum Gasteiger partial charge on any atom is 0.347 e. The SMILES string of the molecule is O=C(NC1CCC1)c1cc([N+](=O)[O-])c([N+](=O)[O-])cc1Cl. The molecule has 0 heterocycles. The van der Waals surface area contributed by atoms with E-state index in [1.54, 1.807) is 0 Å². The van der Waals surface area contributed by atoms with E-state index in [1.807, 2.05) is 0 Å². The predicted molar refractivity (Wildman–Crippen MR) is 69.9 cm³/mol. The van der Waals surface area contributed by atoms with Crippen LogP contribution in [0.5, 0.6) is 0 Å². The summed E-state index contributed by atoms with van der Waals surface area (Å²) in [6, 6.07) is 1.71. The number of nitrogens with zero attached hydrogens (tertiary/aromatic N) is 2. The van der Waals surface area contributed by atoms with E-state index < -0.39 is 27.1 Å². The highest BCUT2D eigenvalue weighted by Crippen LogP contribution is 2.33. The van der Waals surface area contributed by atoms with Crippen molar-refractivity contribution in [2.75, 3.05) is 0 Å². The van der Waals surface area contributed by atoms with Gasteiger partial charge in [-0.05, 0) is 19.3 Å². The molecule has 8 nitrogen and oxygen atoms in total. The molecule has 1 aliphatic rings. The van der Waals surface area contributed by atoms with Gasteiger partial charge in [-0.2, -0.15) is 0 Å². The minimum atomic E-state index is -0.908. The monoisotopic (exact) mass is 299 g/mol. The summed E-state index contributed by atoms with van der Waals surface area (Å²) in [6.45, 7) is 0. The van der Waals surface area contributed by atoms with Crippen LogP contribution in [0.4, 0.5) is 11.4 Å². The Labute approximate surface area is 118 Å². The van der Waals surface area contributed by atoms with Crippen LogP contribution in [0.1, 0.15) is 29.6 Å². The van der Waals surface area contributed by atoms with Crippen molar-refractivity contribution >= 4 is 28.9 Å². The van der Waals surface area contributed by atoms with E-state index in [9.17, 15) is 25.0 Å². The van der Waals surface area contributed by atoms with Gasteiger partial charge in [0.1, 0.15) is 0 Å². The highest BCUT2D eigenvalue weighted by molar-refractivity contribution is 6.34. The topological polar surface area (TPSA) is 115 Å². The summed E-state index contributed by atoms with van der Waals surface area (Å²) in [5, 5.41) is 24.1. The summed E-state index contributed by atoms with van der Waals surface area (Å²) in [5.74, 6) is -0.558. The molecule has 106 valence electrons. The van der Waals surface area contributed by atoms with E-state index >= 15 is 0 Å². The molecule has 20 heavy (non-hydrogen) atoms. The van der Waals surface area contributed by atoms with E-state index in [0.717, 1.165) is 31.4 Å². The smallest absolute Gasteiger partial charge is 0.347 e. The summed E-state index contributed by atoms with van der Waals surface area (Å²) in [6.07, 6.45) is 2.70. The van der Waals surface area contributed by atoms with Crippen LogP contribution in [-0.2, 0) is 0 Å². The van der Waals surface area contributed by atoms with E-state index in [0.29, 0.717) is 0 Å². The summed E-state index contributed by atoms with van der Waals surface area (Å²) in [4.78, 5) is 31.7. The number of amides is 1. The Morgan fingerprint density at radius 3 is 2.20 bits per heavy atom. The molecule has 2 rings (SSSR count). The van der Waals surface area contributed by atoms with Crippen LogP contribution in [0.2, 0.25) is 5.02 Å². The molecule has 0 bridgehead atoms. The van der Waals surface area contributed by atoms with Crippen molar-refractivity contribution in [2.45, 2.75) is 25.3 Å². The molecule has 9 heteroatoms. The van der Waals surface area contributed by atoms with E-state index in [4.69, 9.17) is 11.6 Å². The van der Waals surface area contributed by atoms with Gasteiger partial charge < -0.3 is 5.32 Å². The number of nitro groups is 2. The van der Waals surface area contributed by atoms with Crippen molar-refractivity contribution in [3.05, 3.63) is 42.9 Å². The summed E-state index contributed by atoms with van der Waals surface area (Å²) >= 11 is 5.80. The van der Waals surface area contributed by atoms with Gasteiger partial charge in [-0.25, -0.2) is 0 Å². The highest BCUT2D eigenvalue weighted by atomic mass is 35.5. The van der Waals surface area contributed by atoms with Gasteiger partial charge in [0.05, 0.1) is 20.4 Å². The Balaban J connectivity index is 2.37. The van der Waals surface area contributed by atoms with Crippen LogP contribution >= 0.6 is 11.6 Å². The third-order valence-corrected chi connectivity index (χ3v) is 3.46. The fourth-order valence-corrected chi connectivity index (χ4v) is 2.08. The van der Waals surface area contributed by atoms with E-state index in [1.165, 1.54) is 0 Å². The number of hydrogen-bond donors (Lipinski definition) is 1. The van der Waals surface area contributed by atoms with E-state index in [2.05, 4.69) is 5.32 Å². The Hall–Kier alpha value is -2.22. The molecule has 0 radical (unpaired) electrons. The average Bonchev–Trinajstić information content (AvgIpc) is 2.32. The third kappa shape index (κ3) is 2.69. The molecule has 0 unspecified atom stereocenters. The van der Waals surface area contributed by atoms with Crippen molar-refractivity contribution < 1.29 is 14.6 Å². The Morgan fingerprint density at radius 2 is 1.75 bits per heavy atom. The third-order valence-electron chi connectivity index (χ3n) is 3.14. The van der Waals surface area contributed by atoms with Crippen LogP contribution in [0.25, 0.3) is 0 Å². The van der Waals surface area contributed by atoms with Gasteiger partial charge in [0.25, 0.3) is 5.91 Å². The fraction of sp³-hybridized carbons (Fsp3) is 0.364. The van der Waals surface area contributed by atoms with Crippen LogP contribution in [0.15, 0.2) is 12.1 Å². The van der Waals surface area contributed by atoms with Gasteiger partial charge in [0, 0.05) is 18.2 Å². The van der Waals surface area contributed by atoms with Crippen LogP contribution in [0, 0.1) is 20.2 Å². The van der Waals surface area contributed by atoms with Gasteiger partial charge >= 0.3 is 11.4 Å². The molecule has 1 aromatic carbocycles. The Kier molecular flexibility index (Phi) is 3.84. The Morgan fingerprint density at radius 1 is 1.20 bits per heavy atom. The van der Waals surface area contributed by atoms with Crippen LogP contribution in [0.3, 0.4) is 0 Å². The summed E-state index contributed by atoms with van der Waals surface area (Å²) in [5.41, 5.74) is -1.62. The average molecular weight is 300 g/mol. The maximum atomic E-state index is 11.9. The zero-order valence-electron chi connectivity index (χ0n) is 10.2. The van der Waals surface area contributed by atoms with Crippen LogP contribution < -0.4 is 5.32 Å². The largest absolute Gasteiger partial charge is 0.349 e. The lowest BCUT2D eigenvalue weighted by Crippen LogP contribution is -2.39. The molecule has 0 atom stereocenters. The van der Waals surface area contributed by atoms with Crippen LogP contribution in [-0.4, -0.2) is 21.8 Å². The molecule has 0 spiro atoms. The van der Waals surface area contributed by atoms with Gasteiger partial charge in [-0.1, -0.05) is 11.6 Å². The molecular formula is C11H10ClN3O5. The second-order valence-electron chi connectivity index (χ2n) is 4.44. The van der Waals surface area contributed by atoms with E-state index in [-0.39, 0.29) is 16.6 Å².